The number of amides is 1. The van der Waals surface area contributed by atoms with Gasteiger partial charge in [0.25, 0.3) is 0 Å². The van der Waals surface area contributed by atoms with Crippen molar-refractivity contribution in [1.82, 2.24) is 4.90 Å². The minimum Gasteiger partial charge on any atom is -0.343 e. The van der Waals surface area contributed by atoms with Crippen LogP contribution in [-0.2, 0) is 4.79 Å². The normalized spacial score (nSPS) is 16.3. The predicted octanol–water partition coefficient (Wildman–Crippen LogP) is 3.57. The van der Waals surface area contributed by atoms with E-state index in [0.29, 0.717) is 12.3 Å². The predicted molar refractivity (Wildman–Crippen MR) is 76.8 cm³/mol. The summed E-state index contributed by atoms with van der Waals surface area (Å²) in [5.41, 5.74) is 0. The fraction of sp³-hybridized carbons (Fsp3) is 0.533. The molecule has 0 aromatic heterocycles. The van der Waals surface area contributed by atoms with Crippen molar-refractivity contribution < 1.29 is 4.79 Å². The number of nitrogens with zero attached hydrogens (tertiary/aromatic N) is 1. The van der Waals surface area contributed by atoms with E-state index in [4.69, 9.17) is 0 Å². The largest absolute Gasteiger partial charge is 0.343 e. The molecule has 1 aromatic carbocycles. The number of carbonyl (C=O) groups excluding carboxylic acids is 1. The molecule has 0 radical (unpaired) electrons. The Morgan fingerprint density at radius 3 is 2.39 bits per heavy atom. The van der Waals surface area contributed by atoms with Gasteiger partial charge in [0, 0.05) is 30.2 Å². The topological polar surface area (TPSA) is 20.3 Å². The highest BCUT2D eigenvalue weighted by molar-refractivity contribution is 7.99. The van der Waals surface area contributed by atoms with Gasteiger partial charge in [-0.3, -0.25) is 4.79 Å². The molecule has 2 nitrogen and oxygen atoms in total. The lowest BCUT2D eigenvalue weighted by Crippen LogP contribution is -2.31. The van der Waals surface area contributed by atoms with E-state index in [1.54, 1.807) is 11.8 Å². The van der Waals surface area contributed by atoms with Gasteiger partial charge in [0.1, 0.15) is 0 Å². The first-order valence-electron chi connectivity index (χ1n) is 6.82. The minimum atomic E-state index is 0.334. The van der Waals surface area contributed by atoms with E-state index in [1.807, 2.05) is 18.2 Å². The third-order valence-corrected chi connectivity index (χ3v) is 4.30. The molecule has 1 amide bonds. The quantitative estimate of drug-likeness (QED) is 0.774. The van der Waals surface area contributed by atoms with E-state index < -0.39 is 0 Å². The summed E-state index contributed by atoms with van der Waals surface area (Å²) in [6.07, 6.45) is 5.58. The molecule has 0 spiro atoms. The Morgan fingerprint density at radius 1 is 1.06 bits per heavy atom. The Morgan fingerprint density at radius 2 is 1.72 bits per heavy atom. The van der Waals surface area contributed by atoms with Crippen molar-refractivity contribution in [3.63, 3.8) is 0 Å². The smallest absolute Gasteiger partial charge is 0.223 e. The van der Waals surface area contributed by atoms with Gasteiger partial charge in [-0.2, -0.15) is 0 Å². The number of carbonyl (C=O) groups is 1. The van der Waals surface area contributed by atoms with Gasteiger partial charge in [0.05, 0.1) is 0 Å². The molecule has 0 aliphatic carbocycles. The molecular formula is C15H21NOS. The second-order valence-corrected chi connectivity index (χ2v) is 5.87. The van der Waals surface area contributed by atoms with E-state index in [2.05, 4.69) is 17.0 Å². The van der Waals surface area contributed by atoms with Crippen molar-refractivity contribution in [2.24, 2.45) is 0 Å². The standard InChI is InChI=1S/C15H21NOS/c17-15(16-11-6-1-2-7-12-16)10-13-18-14-8-4-3-5-9-14/h3-5,8-9H,1-2,6-7,10-13H2. The molecule has 1 heterocycles. The number of likely N-dealkylation sites (tertiary alicyclic amines) is 1. The third kappa shape index (κ3) is 4.37. The molecule has 1 aliphatic rings. The van der Waals surface area contributed by atoms with Crippen molar-refractivity contribution in [1.29, 1.82) is 0 Å². The molecule has 3 heteroatoms. The number of hydrogen-bond donors (Lipinski definition) is 0. The molecule has 0 atom stereocenters. The molecular weight excluding hydrogens is 242 g/mol. The summed E-state index contributed by atoms with van der Waals surface area (Å²) in [6, 6.07) is 10.3. The van der Waals surface area contributed by atoms with Gasteiger partial charge in [-0.1, -0.05) is 31.0 Å². The summed E-state index contributed by atoms with van der Waals surface area (Å²) < 4.78 is 0. The summed E-state index contributed by atoms with van der Waals surface area (Å²) in [5.74, 6) is 1.22. The van der Waals surface area contributed by atoms with Gasteiger partial charge >= 0.3 is 0 Å². The molecule has 0 unspecified atom stereocenters. The Hall–Kier alpha value is -0.960. The van der Waals surface area contributed by atoms with Crippen LogP contribution in [0.15, 0.2) is 35.2 Å². The molecule has 0 saturated carbocycles. The lowest BCUT2D eigenvalue weighted by atomic mass is 10.2. The zero-order valence-corrected chi connectivity index (χ0v) is 11.6. The van der Waals surface area contributed by atoms with Crippen LogP contribution in [0.5, 0.6) is 0 Å². The molecule has 0 N–H and O–H groups in total. The van der Waals surface area contributed by atoms with Crippen LogP contribution in [0.25, 0.3) is 0 Å². The number of rotatable bonds is 4. The second-order valence-electron chi connectivity index (χ2n) is 4.71. The van der Waals surface area contributed by atoms with Gasteiger partial charge in [-0.05, 0) is 25.0 Å². The molecule has 1 aliphatic heterocycles. The maximum absolute atomic E-state index is 12.1. The van der Waals surface area contributed by atoms with Crippen LogP contribution >= 0.6 is 11.8 Å². The van der Waals surface area contributed by atoms with E-state index in [0.717, 1.165) is 18.8 Å². The van der Waals surface area contributed by atoms with Crippen molar-refractivity contribution in [2.45, 2.75) is 37.0 Å². The van der Waals surface area contributed by atoms with Crippen LogP contribution in [0.4, 0.5) is 0 Å². The summed E-state index contributed by atoms with van der Waals surface area (Å²) in [5, 5.41) is 0. The van der Waals surface area contributed by atoms with Crippen LogP contribution in [0.1, 0.15) is 32.1 Å². The van der Waals surface area contributed by atoms with Gasteiger partial charge in [0.2, 0.25) is 5.91 Å². The maximum atomic E-state index is 12.1. The zero-order valence-electron chi connectivity index (χ0n) is 10.8. The highest BCUT2D eigenvalue weighted by Gasteiger charge is 2.14. The van der Waals surface area contributed by atoms with E-state index in [1.165, 1.54) is 30.6 Å². The summed E-state index contributed by atoms with van der Waals surface area (Å²) in [4.78, 5) is 15.4. The summed E-state index contributed by atoms with van der Waals surface area (Å²) in [7, 11) is 0. The fourth-order valence-electron chi connectivity index (χ4n) is 2.25. The van der Waals surface area contributed by atoms with Crippen molar-refractivity contribution in [3.05, 3.63) is 30.3 Å². The fourth-order valence-corrected chi connectivity index (χ4v) is 3.11. The minimum absolute atomic E-state index is 0.334. The van der Waals surface area contributed by atoms with E-state index >= 15 is 0 Å². The third-order valence-electron chi connectivity index (χ3n) is 3.29. The van der Waals surface area contributed by atoms with Crippen molar-refractivity contribution in [2.75, 3.05) is 18.8 Å². The number of thioether (sulfide) groups is 1. The molecule has 98 valence electrons. The Balaban J connectivity index is 1.71. The van der Waals surface area contributed by atoms with Gasteiger partial charge in [-0.15, -0.1) is 11.8 Å². The van der Waals surface area contributed by atoms with Crippen LogP contribution in [-0.4, -0.2) is 29.6 Å². The molecule has 1 aromatic rings. The zero-order chi connectivity index (χ0) is 12.6. The SMILES string of the molecule is O=C(CCSc1ccccc1)N1CCCCCC1. The van der Waals surface area contributed by atoms with Crippen molar-refractivity contribution in [3.8, 4) is 0 Å². The molecule has 18 heavy (non-hydrogen) atoms. The number of benzene rings is 1. The van der Waals surface area contributed by atoms with Crippen LogP contribution in [0.3, 0.4) is 0 Å². The van der Waals surface area contributed by atoms with Gasteiger partial charge in [-0.25, -0.2) is 0 Å². The highest BCUT2D eigenvalue weighted by atomic mass is 32.2. The van der Waals surface area contributed by atoms with Crippen LogP contribution < -0.4 is 0 Å². The molecule has 1 fully saturated rings. The van der Waals surface area contributed by atoms with E-state index in [9.17, 15) is 4.79 Å². The molecule has 0 bridgehead atoms. The van der Waals surface area contributed by atoms with E-state index in [-0.39, 0.29) is 0 Å². The summed E-state index contributed by atoms with van der Waals surface area (Å²) >= 11 is 1.77. The molecule has 2 rings (SSSR count). The highest BCUT2D eigenvalue weighted by Crippen LogP contribution is 2.19. The lowest BCUT2D eigenvalue weighted by Gasteiger charge is -2.20. The second kappa shape index (κ2) is 7.47. The van der Waals surface area contributed by atoms with Crippen LogP contribution in [0.2, 0.25) is 0 Å². The Kier molecular flexibility index (Phi) is 5.59. The average Bonchev–Trinajstić information content (AvgIpc) is 2.69. The lowest BCUT2D eigenvalue weighted by molar-refractivity contribution is -0.130. The Bertz CT molecular complexity index is 358. The first-order chi connectivity index (χ1) is 8.86. The van der Waals surface area contributed by atoms with Crippen LogP contribution in [0, 0.1) is 0 Å². The molecule has 1 saturated heterocycles. The number of hydrogen-bond acceptors (Lipinski definition) is 2. The monoisotopic (exact) mass is 263 g/mol. The summed E-state index contributed by atoms with van der Waals surface area (Å²) in [6.45, 7) is 1.93. The van der Waals surface area contributed by atoms with Gasteiger partial charge < -0.3 is 4.90 Å². The average molecular weight is 263 g/mol. The first kappa shape index (κ1) is 13.5. The Labute approximate surface area is 114 Å². The van der Waals surface area contributed by atoms with Gasteiger partial charge in [0.15, 0.2) is 0 Å². The maximum Gasteiger partial charge on any atom is 0.223 e. The first-order valence-corrected chi connectivity index (χ1v) is 7.80. The van der Waals surface area contributed by atoms with Crippen molar-refractivity contribution >= 4 is 17.7 Å².